The molecule has 0 unspecified atom stereocenters. The van der Waals surface area contributed by atoms with E-state index in [-0.39, 0.29) is 17.0 Å². The van der Waals surface area contributed by atoms with Crippen LogP contribution >= 0.6 is 15.9 Å². The Labute approximate surface area is 181 Å². The number of amides is 1. The Bertz CT molecular complexity index is 1150. The minimum absolute atomic E-state index is 0.0310. The first-order chi connectivity index (χ1) is 14.3. The van der Waals surface area contributed by atoms with Gasteiger partial charge in [-0.2, -0.15) is 5.10 Å². The fourth-order valence-electron chi connectivity index (χ4n) is 3.14. The quantitative estimate of drug-likeness (QED) is 0.324. The summed E-state index contributed by atoms with van der Waals surface area (Å²) >= 11 is 3.48. The van der Waals surface area contributed by atoms with E-state index >= 15 is 0 Å². The Morgan fingerprint density at radius 2 is 2.00 bits per heavy atom. The van der Waals surface area contributed by atoms with Gasteiger partial charge in [0.25, 0.3) is 11.6 Å². The Hall–Kier alpha value is -3.46. The van der Waals surface area contributed by atoms with Crippen LogP contribution in [0.4, 0.5) is 5.69 Å². The molecule has 154 valence electrons. The average Bonchev–Trinajstić information content (AvgIpc) is 3.00. The van der Waals surface area contributed by atoms with Gasteiger partial charge in [-0.15, -0.1) is 0 Å². The molecule has 3 aromatic rings. The lowest BCUT2D eigenvalue weighted by Gasteiger charge is -2.10. The van der Waals surface area contributed by atoms with E-state index in [0.717, 1.165) is 33.2 Å². The van der Waals surface area contributed by atoms with Crippen LogP contribution in [0.25, 0.3) is 5.69 Å². The van der Waals surface area contributed by atoms with Gasteiger partial charge >= 0.3 is 0 Å². The highest BCUT2D eigenvalue weighted by Gasteiger charge is 2.17. The van der Waals surface area contributed by atoms with Gasteiger partial charge in [0.1, 0.15) is 5.75 Å². The van der Waals surface area contributed by atoms with Gasteiger partial charge < -0.3 is 9.30 Å². The molecule has 0 aliphatic carbocycles. The lowest BCUT2D eigenvalue weighted by Crippen LogP contribution is -2.18. The van der Waals surface area contributed by atoms with Gasteiger partial charge in [-0.1, -0.05) is 22.0 Å². The van der Waals surface area contributed by atoms with E-state index in [1.165, 1.54) is 19.2 Å². The standard InChI is InChI=1S/C21H19BrN4O4/c1-13-9-15(14(2)25(13)17-6-4-5-16(22)10-17)12-23-24-21(27)19-11-18(26(28)29)7-8-20(19)30-3/h4-12H,1-3H3,(H,24,27)/b23-12-. The molecule has 0 bridgehead atoms. The minimum atomic E-state index is -0.604. The summed E-state index contributed by atoms with van der Waals surface area (Å²) < 4.78 is 8.17. The number of carbonyl (C=O) groups excluding carboxylic acids is 1. The summed E-state index contributed by atoms with van der Waals surface area (Å²) in [7, 11) is 1.39. The van der Waals surface area contributed by atoms with E-state index in [4.69, 9.17) is 4.74 Å². The third-order valence-electron chi connectivity index (χ3n) is 4.54. The molecule has 0 aliphatic heterocycles. The third-order valence-corrected chi connectivity index (χ3v) is 5.04. The van der Waals surface area contributed by atoms with E-state index in [9.17, 15) is 14.9 Å². The van der Waals surface area contributed by atoms with Gasteiger partial charge in [-0.3, -0.25) is 14.9 Å². The number of hydrogen-bond acceptors (Lipinski definition) is 5. The van der Waals surface area contributed by atoms with Crippen molar-refractivity contribution in [1.82, 2.24) is 9.99 Å². The number of nitro benzene ring substituents is 1. The third kappa shape index (κ3) is 4.41. The van der Waals surface area contributed by atoms with Gasteiger partial charge in [0.05, 0.1) is 23.8 Å². The Morgan fingerprint density at radius 3 is 2.67 bits per heavy atom. The summed E-state index contributed by atoms with van der Waals surface area (Å²) in [4.78, 5) is 22.9. The molecule has 30 heavy (non-hydrogen) atoms. The van der Waals surface area contributed by atoms with Crippen molar-refractivity contribution in [2.45, 2.75) is 13.8 Å². The Morgan fingerprint density at radius 1 is 1.23 bits per heavy atom. The molecule has 0 saturated carbocycles. The number of methoxy groups -OCH3 is 1. The predicted molar refractivity (Wildman–Crippen MR) is 118 cm³/mol. The molecule has 0 atom stereocenters. The Kier molecular flexibility index (Phi) is 6.31. The number of carbonyl (C=O) groups is 1. The number of aromatic nitrogens is 1. The molecule has 9 heteroatoms. The molecule has 3 rings (SSSR count). The van der Waals surface area contributed by atoms with E-state index < -0.39 is 10.8 Å². The zero-order valence-corrected chi connectivity index (χ0v) is 18.1. The van der Waals surface area contributed by atoms with Crippen molar-refractivity contribution in [3.8, 4) is 11.4 Å². The van der Waals surface area contributed by atoms with Crippen LogP contribution in [-0.2, 0) is 0 Å². The molecule has 1 amide bonds. The number of nitrogens with zero attached hydrogens (tertiary/aromatic N) is 3. The molecule has 0 radical (unpaired) electrons. The van der Waals surface area contributed by atoms with Gasteiger partial charge in [0, 0.05) is 39.2 Å². The van der Waals surface area contributed by atoms with Crippen molar-refractivity contribution < 1.29 is 14.5 Å². The second kappa shape index (κ2) is 8.91. The molecule has 8 nitrogen and oxygen atoms in total. The lowest BCUT2D eigenvalue weighted by atomic mass is 10.1. The van der Waals surface area contributed by atoms with Crippen LogP contribution in [0.5, 0.6) is 5.75 Å². The second-order valence-electron chi connectivity index (χ2n) is 6.48. The average molecular weight is 471 g/mol. The SMILES string of the molecule is COc1ccc([N+](=O)[O-])cc1C(=O)N/N=C\c1cc(C)n(-c2cccc(Br)c2)c1C. The van der Waals surface area contributed by atoms with E-state index in [1.54, 1.807) is 6.21 Å². The number of nitrogens with one attached hydrogen (secondary N) is 1. The van der Waals surface area contributed by atoms with Crippen LogP contribution in [0.3, 0.4) is 0 Å². The highest BCUT2D eigenvalue weighted by atomic mass is 79.9. The number of aryl methyl sites for hydroxylation is 1. The number of non-ortho nitro benzene ring substituents is 1. The zero-order chi connectivity index (χ0) is 21.8. The summed E-state index contributed by atoms with van der Waals surface area (Å²) in [5.41, 5.74) is 6.03. The fraction of sp³-hybridized carbons (Fsp3) is 0.143. The maximum absolute atomic E-state index is 12.5. The first kappa shape index (κ1) is 21.3. The van der Waals surface area contributed by atoms with Gasteiger partial charge in [-0.05, 0) is 44.2 Å². The van der Waals surface area contributed by atoms with Crippen molar-refractivity contribution >= 4 is 33.7 Å². The molecule has 1 heterocycles. The summed E-state index contributed by atoms with van der Waals surface area (Å²) in [6, 6.07) is 13.7. The summed E-state index contributed by atoms with van der Waals surface area (Å²) in [6.07, 6.45) is 1.54. The van der Waals surface area contributed by atoms with Crippen LogP contribution in [0.1, 0.15) is 27.3 Å². The van der Waals surface area contributed by atoms with Crippen LogP contribution in [0, 0.1) is 24.0 Å². The van der Waals surface area contributed by atoms with Crippen LogP contribution in [-0.4, -0.2) is 28.7 Å². The monoisotopic (exact) mass is 470 g/mol. The largest absolute Gasteiger partial charge is 0.496 e. The molecule has 2 aromatic carbocycles. The molecule has 1 aromatic heterocycles. The van der Waals surface area contributed by atoms with Gasteiger partial charge in [0.15, 0.2) is 0 Å². The Balaban J connectivity index is 1.83. The lowest BCUT2D eigenvalue weighted by molar-refractivity contribution is -0.384. The molecular weight excluding hydrogens is 452 g/mol. The topological polar surface area (TPSA) is 98.8 Å². The maximum atomic E-state index is 12.5. The molecule has 1 N–H and O–H groups in total. The minimum Gasteiger partial charge on any atom is -0.496 e. The fourth-order valence-corrected chi connectivity index (χ4v) is 3.53. The highest BCUT2D eigenvalue weighted by molar-refractivity contribution is 9.10. The molecular formula is C21H19BrN4O4. The molecule has 0 saturated heterocycles. The predicted octanol–water partition coefficient (Wildman–Crippen LogP) is 4.54. The molecule has 0 fully saturated rings. The summed E-state index contributed by atoms with van der Waals surface area (Å²) in [5.74, 6) is -0.381. The number of ether oxygens (including phenoxy) is 1. The normalized spacial score (nSPS) is 10.9. The number of hydrazone groups is 1. The van der Waals surface area contributed by atoms with Crippen molar-refractivity contribution in [2.24, 2.45) is 5.10 Å². The summed E-state index contributed by atoms with van der Waals surface area (Å²) in [5, 5.41) is 15.0. The first-order valence-corrected chi connectivity index (χ1v) is 9.72. The molecule has 0 spiro atoms. The van der Waals surface area contributed by atoms with Crippen LogP contribution in [0.2, 0.25) is 0 Å². The number of benzene rings is 2. The highest BCUT2D eigenvalue weighted by Crippen LogP contribution is 2.24. The first-order valence-electron chi connectivity index (χ1n) is 8.92. The van der Waals surface area contributed by atoms with Crippen LogP contribution in [0.15, 0.2) is 58.1 Å². The van der Waals surface area contributed by atoms with Crippen molar-refractivity contribution in [3.63, 3.8) is 0 Å². The molecule has 0 aliphatic rings. The van der Waals surface area contributed by atoms with Gasteiger partial charge in [0.2, 0.25) is 0 Å². The van der Waals surface area contributed by atoms with Crippen molar-refractivity contribution in [3.05, 3.63) is 85.6 Å². The summed E-state index contributed by atoms with van der Waals surface area (Å²) in [6.45, 7) is 3.94. The van der Waals surface area contributed by atoms with Gasteiger partial charge in [-0.25, -0.2) is 5.43 Å². The van der Waals surface area contributed by atoms with Crippen LogP contribution < -0.4 is 10.2 Å². The van der Waals surface area contributed by atoms with Crippen molar-refractivity contribution in [2.75, 3.05) is 7.11 Å². The van der Waals surface area contributed by atoms with E-state index in [1.807, 2.05) is 44.2 Å². The number of rotatable bonds is 6. The van der Waals surface area contributed by atoms with E-state index in [0.29, 0.717) is 0 Å². The smallest absolute Gasteiger partial charge is 0.275 e. The second-order valence-corrected chi connectivity index (χ2v) is 7.40. The number of nitro groups is 1. The number of hydrogen-bond donors (Lipinski definition) is 1. The zero-order valence-electron chi connectivity index (χ0n) is 16.5. The van der Waals surface area contributed by atoms with E-state index in [2.05, 4.69) is 31.0 Å². The maximum Gasteiger partial charge on any atom is 0.275 e. The number of halogens is 1. The van der Waals surface area contributed by atoms with Crippen molar-refractivity contribution in [1.29, 1.82) is 0 Å².